The Hall–Kier alpha value is -2.94. The van der Waals surface area contributed by atoms with Crippen molar-refractivity contribution in [1.29, 1.82) is 0 Å². The van der Waals surface area contributed by atoms with E-state index in [4.69, 9.17) is 16.3 Å². The van der Waals surface area contributed by atoms with Gasteiger partial charge in [-0.2, -0.15) is 4.31 Å². The minimum Gasteiger partial charge on any atom is -0.452 e. The van der Waals surface area contributed by atoms with Crippen molar-refractivity contribution in [3.05, 3.63) is 71.8 Å². The number of nitrogens with zero attached hydrogens (tertiary/aromatic N) is 1. The van der Waals surface area contributed by atoms with Crippen molar-refractivity contribution in [3.8, 4) is 0 Å². The molecule has 1 unspecified atom stereocenters. The molecule has 0 spiro atoms. The first kappa shape index (κ1) is 22.7. The molecule has 1 N–H and O–H groups in total. The molecule has 0 fully saturated rings. The molecule has 0 heterocycles. The van der Waals surface area contributed by atoms with Gasteiger partial charge in [-0.05, 0) is 42.6 Å². The van der Waals surface area contributed by atoms with E-state index in [9.17, 15) is 18.0 Å². The number of nitrogens with one attached hydrogen (secondary N) is 1. The Balaban J connectivity index is 1.62. The van der Waals surface area contributed by atoms with Crippen LogP contribution in [0.15, 0.2) is 71.6 Å². The molecule has 0 aliphatic heterocycles. The molecule has 0 saturated carbocycles. The van der Waals surface area contributed by atoms with Gasteiger partial charge >= 0.3 is 5.97 Å². The van der Waals surface area contributed by atoms with Gasteiger partial charge in [0.2, 0.25) is 10.0 Å². The molecule has 0 aliphatic carbocycles. The molecule has 3 rings (SSSR count). The molecule has 162 valence electrons. The molecule has 7 nitrogen and oxygen atoms in total. The minimum atomic E-state index is -3.91. The molecular formula is C22H21ClN2O5S. The van der Waals surface area contributed by atoms with Crippen molar-refractivity contribution in [2.45, 2.75) is 17.9 Å². The van der Waals surface area contributed by atoms with Gasteiger partial charge in [0, 0.05) is 23.1 Å². The highest BCUT2D eigenvalue weighted by Gasteiger charge is 2.26. The van der Waals surface area contributed by atoms with E-state index in [0.29, 0.717) is 10.7 Å². The molecule has 0 saturated heterocycles. The van der Waals surface area contributed by atoms with Crippen LogP contribution in [0.5, 0.6) is 0 Å². The fourth-order valence-corrected chi connectivity index (χ4v) is 4.15. The van der Waals surface area contributed by atoms with Crippen molar-refractivity contribution in [2.75, 3.05) is 18.9 Å². The van der Waals surface area contributed by atoms with Gasteiger partial charge in [0.15, 0.2) is 6.10 Å². The van der Waals surface area contributed by atoms with Crippen LogP contribution in [0.4, 0.5) is 5.69 Å². The van der Waals surface area contributed by atoms with E-state index >= 15 is 0 Å². The van der Waals surface area contributed by atoms with E-state index in [1.54, 1.807) is 6.07 Å². The smallest absolute Gasteiger partial charge is 0.322 e. The van der Waals surface area contributed by atoms with E-state index in [1.807, 2.05) is 36.4 Å². The summed E-state index contributed by atoms with van der Waals surface area (Å²) in [5.74, 6) is -1.37. The number of hydrogen-bond acceptors (Lipinski definition) is 5. The Morgan fingerprint density at radius 3 is 2.39 bits per heavy atom. The summed E-state index contributed by atoms with van der Waals surface area (Å²) >= 11 is 5.78. The number of fused-ring (bicyclic) bond motifs is 1. The van der Waals surface area contributed by atoms with E-state index in [1.165, 1.54) is 38.2 Å². The third-order valence-electron chi connectivity index (χ3n) is 4.60. The van der Waals surface area contributed by atoms with Gasteiger partial charge < -0.3 is 10.1 Å². The number of ether oxygens (including phenoxy) is 1. The quantitative estimate of drug-likeness (QED) is 0.543. The van der Waals surface area contributed by atoms with Crippen LogP contribution in [-0.2, 0) is 24.3 Å². The average Bonchev–Trinajstić information content (AvgIpc) is 2.74. The standard InChI is InChI=1S/C22H21ClN2O5S/c1-15(22(27)24-20-9-5-7-16-6-3-4-8-19(16)20)30-21(26)14-25(2)31(28,29)18-12-10-17(23)11-13-18/h3-13,15H,14H2,1-2H3,(H,24,27). The van der Waals surface area contributed by atoms with Gasteiger partial charge in [-0.25, -0.2) is 8.42 Å². The van der Waals surface area contributed by atoms with E-state index in [-0.39, 0.29) is 4.90 Å². The van der Waals surface area contributed by atoms with Crippen LogP contribution in [0.3, 0.4) is 0 Å². The Morgan fingerprint density at radius 1 is 1.03 bits per heavy atom. The fraction of sp³-hybridized carbons (Fsp3) is 0.182. The van der Waals surface area contributed by atoms with E-state index in [0.717, 1.165) is 15.1 Å². The van der Waals surface area contributed by atoms with Crippen molar-refractivity contribution in [1.82, 2.24) is 4.31 Å². The maximum absolute atomic E-state index is 12.6. The molecular weight excluding hydrogens is 440 g/mol. The highest BCUT2D eigenvalue weighted by Crippen LogP contribution is 2.23. The lowest BCUT2D eigenvalue weighted by atomic mass is 10.1. The predicted molar refractivity (Wildman–Crippen MR) is 119 cm³/mol. The lowest BCUT2D eigenvalue weighted by molar-refractivity contribution is -0.153. The highest BCUT2D eigenvalue weighted by atomic mass is 35.5. The predicted octanol–water partition coefficient (Wildman–Crippen LogP) is 3.68. The number of benzene rings is 3. The number of hydrogen-bond donors (Lipinski definition) is 1. The third kappa shape index (κ3) is 5.41. The summed E-state index contributed by atoms with van der Waals surface area (Å²) in [5, 5.41) is 4.95. The van der Waals surface area contributed by atoms with Crippen LogP contribution in [0.25, 0.3) is 10.8 Å². The van der Waals surface area contributed by atoms with Crippen molar-refractivity contribution < 1.29 is 22.7 Å². The second-order valence-corrected chi connectivity index (χ2v) is 9.34. The van der Waals surface area contributed by atoms with Gasteiger partial charge in [0.1, 0.15) is 6.54 Å². The van der Waals surface area contributed by atoms with Crippen LogP contribution in [0, 0.1) is 0 Å². The highest BCUT2D eigenvalue weighted by molar-refractivity contribution is 7.89. The molecule has 9 heteroatoms. The molecule has 1 amide bonds. The number of esters is 1. The monoisotopic (exact) mass is 460 g/mol. The zero-order chi connectivity index (χ0) is 22.6. The number of carbonyl (C=O) groups excluding carboxylic acids is 2. The van der Waals surface area contributed by atoms with Gasteiger partial charge in [0.25, 0.3) is 5.91 Å². The fourth-order valence-electron chi connectivity index (χ4n) is 2.91. The maximum Gasteiger partial charge on any atom is 0.322 e. The number of halogens is 1. The molecule has 0 aromatic heterocycles. The van der Waals surface area contributed by atoms with Gasteiger partial charge in [0.05, 0.1) is 4.90 Å². The zero-order valence-corrected chi connectivity index (χ0v) is 18.5. The minimum absolute atomic E-state index is 0.00560. The Labute approximate surface area is 185 Å². The third-order valence-corrected chi connectivity index (χ3v) is 6.67. The normalized spacial score (nSPS) is 12.5. The summed E-state index contributed by atoms with van der Waals surface area (Å²) in [4.78, 5) is 24.7. The van der Waals surface area contributed by atoms with Crippen LogP contribution in [0.1, 0.15) is 6.92 Å². The second kappa shape index (κ2) is 9.47. The Kier molecular flexibility index (Phi) is 6.94. The number of amides is 1. The summed E-state index contributed by atoms with van der Waals surface area (Å²) in [7, 11) is -2.65. The first-order chi connectivity index (χ1) is 14.7. The molecule has 0 aliphatic rings. The molecule has 1 atom stereocenters. The lowest BCUT2D eigenvalue weighted by Crippen LogP contribution is -2.37. The van der Waals surface area contributed by atoms with Crippen LogP contribution < -0.4 is 5.32 Å². The average molecular weight is 461 g/mol. The SMILES string of the molecule is CC(OC(=O)CN(C)S(=O)(=O)c1ccc(Cl)cc1)C(=O)Nc1cccc2ccccc12. The van der Waals surface area contributed by atoms with Crippen molar-refractivity contribution >= 4 is 50.0 Å². The van der Waals surface area contributed by atoms with Gasteiger partial charge in [-0.1, -0.05) is 48.0 Å². The molecule has 0 bridgehead atoms. The van der Waals surface area contributed by atoms with Crippen LogP contribution in [0.2, 0.25) is 5.02 Å². The first-order valence-corrected chi connectivity index (χ1v) is 11.2. The van der Waals surface area contributed by atoms with E-state index in [2.05, 4.69) is 5.32 Å². The lowest BCUT2D eigenvalue weighted by Gasteiger charge is -2.19. The van der Waals surface area contributed by atoms with E-state index < -0.39 is 34.5 Å². The molecule has 3 aromatic carbocycles. The zero-order valence-electron chi connectivity index (χ0n) is 16.9. The number of likely N-dealkylation sites (N-methyl/N-ethyl adjacent to an activating group) is 1. The summed E-state index contributed by atoms with van der Waals surface area (Å²) in [6.45, 7) is 0.878. The Morgan fingerprint density at radius 2 is 1.68 bits per heavy atom. The number of anilines is 1. The summed E-state index contributed by atoms with van der Waals surface area (Å²) in [6.07, 6.45) is -1.11. The topological polar surface area (TPSA) is 92.8 Å². The van der Waals surface area contributed by atoms with Crippen molar-refractivity contribution in [2.24, 2.45) is 0 Å². The molecule has 31 heavy (non-hydrogen) atoms. The second-order valence-electron chi connectivity index (χ2n) is 6.86. The largest absolute Gasteiger partial charge is 0.452 e. The summed E-state index contributed by atoms with van der Waals surface area (Å²) < 4.78 is 31.1. The van der Waals surface area contributed by atoms with Crippen LogP contribution >= 0.6 is 11.6 Å². The number of rotatable bonds is 7. The number of carbonyl (C=O) groups is 2. The Bertz CT molecular complexity index is 1210. The molecule has 0 radical (unpaired) electrons. The summed E-state index contributed by atoms with van der Waals surface area (Å²) in [6, 6.07) is 18.6. The number of sulfonamides is 1. The first-order valence-electron chi connectivity index (χ1n) is 9.38. The summed E-state index contributed by atoms with van der Waals surface area (Å²) in [5.41, 5.74) is 0.591. The van der Waals surface area contributed by atoms with Crippen LogP contribution in [-0.4, -0.2) is 44.3 Å². The van der Waals surface area contributed by atoms with Gasteiger partial charge in [-0.3, -0.25) is 9.59 Å². The van der Waals surface area contributed by atoms with Gasteiger partial charge in [-0.15, -0.1) is 0 Å². The van der Waals surface area contributed by atoms with Crippen molar-refractivity contribution in [3.63, 3.8) is 0 Å². The maximum atomic E-state index is 12.6. The molecule has 3 aromatic rings.